The van der Waals surface area contributed by atoms with Crippen molar-refractivity contribution in [1.82, 2.24) is 0 Å². The molecule has 0 atom stereocenters. The van der Waals surface area contributed by atoms with Crippen LogP contribution in [0.4, 0.5) is 0 Å². The number of benzene rings is 2. The maximum Gasteiger partial charge on any atom is 1.00 e. The van der Waals surface area contributed by atoms with E-state index in [1.807, 2.05) is 6.07 Å². The summed E-state index contributed by atoms with van der Waals surface area (Å²) in [4.78, 5) is 20.9. The smallest absolute Gasteiger partial charge is 0.870 e. The molecular weight excluding hydrogens is 459 g/mol. The van der Waals surface area contributed by atoms with Crippen LogP contribution in [0, 0.1) is 11.3 Å². The molecule has 0 aliphatic carbocycles. The Bertz CT molecular complexity index is 841. The summed E-state index contributed by atoms with van der Waals surface area (Å²) in [5.41, 5.74) is 7.38. The normalized spacial score (nSPS) is 8.74. The predicted molar refractivity (Wildman–Crippen MR) is 108 cm³/mol. The van der Waals surface area contributed by atoms with Crippen molar-refractivity contribution in [3.05, 3.63) is 70.8 Å². The summed E-state index contributed by atoms with van der Waals surface area (Å²) in [5.74, 6) is 1.67. The van der Waals surface area contributed by atoms with Crippen LogP contribution in [0.1, 0.15) is 31.8 Å². The summed E-state index contributed by atoms with van der Waals surface area (Å²) >= 11 is 0. The Kier molecular flexibility index (Phi) is 24.8. The van der Waals surface area contributed by atoms with Gasteiger partial charge in [-0.2, -0.15) is 5.26 Å². The molecule has 0 saturated heterocycles. The first-order chi connectivity index (χ1) is 13.4. The minimum absolute atomic E-state index is 0. The Morgan fingerprint density at radius 1 is 0.903 bits per heavy atom. The molecule has 0 spiro atoms. The van der Waals surface area contributed by atoms with E-state index < -0.39 is 11.9 Å². The van der Waals surface area contributed by atoms with Gasteiger partial charge in [-0.15, -0.1) is 12.4 Å². The monoisotopic (exact) mass is 480 g/mol. The summed E-state index contributed by atoms with van der Waals surface area (Å²) in [7, 11) is 0. The number of halogens is 1. The fourth-order valence-corrected chi connectivity index (χ4v) is 1.87. The summed E-state index contributed by atoms with van der Waals surface area (Å²) in [6, 6.07) is 14.5. The number of aromatic carboxylic acids is 2. The molecule has 0 fully saturated rings. The molecule has 0 unspecified atom stereocenters. The zero-order chi connectivity index (χ0) is 21.5. The fourth-order valence-electron chi connectivity index (χ4n) is 1.87. The quantitative estimate of drug-likeness (QED) is 0.0972. The van der Waals surface area contributed by atoms with Crippen molar-refractivity contribution >= 4 is 30.2 Å². The molecule has 9 N–H and O–H groups in total. The zero-order valence-electron chi connectivity index (χ0n) is 16.5. The van der Waals surface area contributed by atoms with E-state index in [0.29, 0.717) is 12.8 Å². The van der Waals surface area contributed by atoms with E-state index in [1.165, 1.54) is 24.3 Å². The largest absolute Gasteiger partial charge is 1.00 e. The third-order valence-corrected chi connectivity index (χ3v) is 3.20. The first kappa shape index (κ1) is 36.3. The van der Waals surface area contributed by atoms with Crippen LogP contribution in [0.5, 0.6) is 0 Å². The minimum atomic E-state index is -0.972. The van der Waals surface area contributed by atoms with Gasteiger partial charge >= 0.3 is 63.3 Å². The number of amidine groups is 1. The molecule has 2 aromatic rings. The molecule has 0 radical (unpaired) electrons. The summed E-state index contributed by atoms with van der Waals surface area (Å²) in [6.45, 7) is 0. The van der Waals surface area contributed by atoms with Gasteiger partial charge in [-0.3, -0.25) is 0 Å². The topological polar surface area (TPSA) is 233 Å². The molecule has 0 bridgehead atoms. The SMILES string of the molecule is Cl.N#CCc1ccc(C(=O)O)cc1.N/C(Cc1ccc(C(=O)O)cc1)=N\O.NO.[K+].[OH-]. The number of nitrogens with zero attached hydrogens (tertiary/aromatic N) is 2. The van der Waals surface area contributed by atoms with Crippen molar-refractivity contribution in [2.45, 2.75) is 12.8 Å². The average molecular weight is 481 g/mol. The molecule has 164 valence electrons. The van der Waals surface area contributed by atoms with Crippen LogP contribution in [0.25, 0.3) is 0 Å². The second-order valence-electron chi connectivity index (χ2n) is 5.11. The van der Waals surface area contributed by atoms with E-state index in [0.717, 1.165) is 11.1 Å². The molecule has 0 heterocycles. The van der Waals surface area contributed by atoms with Gasteiger partial charge in [0.05, 0.1) is 23.6 Å². The van der Waals surface area contributed by atoms with Crippen LogP contribution in [0.3, 0.4) is 0 Å². The molecule has 2 rings (SSSR count). The third-order valence-electron chi connectivity index (χ3n) is 3.20. The molecular formula is C18H22ClKN4O7. The molecule has 0 aliphatic heterocycles. The molecule has 31 heavy (non-hydrogen) atoms. The number of oxime groups is 1. The number of carbonyl (C=O) groups is 2. The number of carboxylic acids is 2. The van der Waals surface area contributed by atoms with Gasteiger partial charge in [-0.05, 0) is 35.4 Å². The van der Waals surface area contributed by atoms with Crippen LogP contribution >= 0.6 is 12.4 Å². The van der Waals surface area contributed by atoms with E-state index in [9.17, 15) is 9.59 Å². The number of rotatable bonds is 5. The van der Waals surface area contributed by atoms with Gasteiger partial charge in [0.25, 0.3) is 0 Å². The second-order valence-corrected chi connectivity index (χ2v) is 5.11. The van der Waals surface area contributed by atoms with Crippen molar-refractivity contribution < 1.29 is 87.1 Å². The Balaban J connectivity index is -0.000000201. The van der Waals surface area contributed by atoms with E-state index in [1.54, 1.807) is 24.3 Å². The molecule has 0 aliphatic rings. The van der Waals surface area contributed by atoms with Gasteiger partial charge in [0.15, 0.2) is 0 Å². The number of carboxylic acid groups (broad SMARTS) is 2. The van der Waals surface area contributed by atoms with Gasteiger partial charge in [0.1, 0.15) is 5.84 Å². The first-order valence-electron chi connectivity index (χ1n) is 7.61. The Morgan fingerprint density at radius 3 is 1.55 bits per heavy atom. The van der Waals surface area contributed by atoms with Crippen molar-refractivity contribution in [1.29, 1.82) is 5.26 Å². The predicted octanol–water partition coefficient (Wildman–Crippen LogP) is -1.29. The Hall–Kier alpha value is -2.05. The van der Waals surface area contributed by atoms with Crippen molar-refractivity contribution in [2.75, 3.05) is 0 Å². The summed E-state index contributed by atoms with van der Waals surface area (Å²) in [6.07, 6.45) is 0.621. The number of hydrogen-bond acceptors (Lipinski definition) is 8. The maximum atomic E-state index is 10.5. The number of nitriles is 1. The van der Waals surface area contributed by atoms with Crippen molar-refractivity contribution in [3.63, 3.8) is 0 Å². The standard InChI is InChI=1S/C9H10N2O3.C9H7NO2.ClH.K.H3NO.H2O/c10-8(11-14)5-6-1-3-7(4-2-6)9(12)13;10-6-5-7-1-3-8(4-2-7)9(11)12;;;1-2;/h1-4,14H,5H2,(H2,10,11)(H,12,13);1-4H,5H2,(H,11,12);1H;;2H,1H2;1H2/q;;;+1;;/p-1. The van der Waals surface area contributed by atoms with Gasteiger partial charge < -0.3 is 31.8 Å². The first-order valence-corrected chi connectivity index (χ1v) is 7.61. The van der Waals surface area contributed by atoms with Crippen LogP contribution in [-0.4, -0.2) is 43.9 Å². The van der Waals surface area contributed by atoms with Crippen molar-refractivity contribution in [2.24, 2.45) is 16.8 Å². The summed E-state index contributed by atoms with van der Waals surface area (Å²) in [5, 5.41) is 43.1. The Morgan fingerprint density at radius 2 is 1.26 bits per heavy atom. The van der Waals surface area contributed by atoms with Crippen LogP contribution in [0.2, 0.25) is 0 Å². The van der Waals surface area contributed by atoms with Crippen LogP contribution in [0.15, 0.2) is 53.7 Å². The second kappa shape index (κ2) is 21.2. The van der Waals surface area contributed by atoms with Gasteiger partial charge in [-0.25, -0.2) is 15.5 Å². The minimum Gasteiger partial charge on any atom is -0.870 e. The van der Waals surface area contributed by atoms with Gasteiger partial charge in [0.2, 0.25) is 0 Å². The molecule has 0 aromatic heterocycles. The van der Waals surface area contributed by atoms with E-state index >= 15 is 0 Å². The Labute approximate surface area is 227 Å². The molecule has 11 nitrogen and oxygen atoms in total. The molecule has 0 amide bonds. The number of nitrogens with two attached hydrogens (primary N) is 2. The average Bonchev–Trinajstić information content (AvgIpc) is 2.71. The zero-order valence-corrected chi connectivity index (χ0v) is 20.5. The summed E-state index contributed by atoms with van der Waals surface area (Å²) < 4.78 is 0. The van der Waals surface area contributed by atoms with Gasteiger partial charge in [0, 0.05) is 6.42 Å². The van der Waals surface area contributed by atoms with E-state index in [-0.39, 0.29) is 86.2 Å². The van der Waals surface area contributed by atoms with Crippen molar-refractivity contribution in [3.8, 4) is 6.07 Å². The third kappa shape index (κ3) is 15.4. The molecule has 2 aromatic carbocycles. The van der Waals surface area contributed by atoms with Crippen LogP contribution in [-0.2, 0) is 12.8 Å². The number of hydrogen-bond donors (Lipinski definition) is 6. The maximum absolute atomic E-state index is 10.5. The van der Waals surface area contributed by atoms with E-state index in [2.05, 4.69) is 11.1 Å². The fraction of sp³-hybridized carbons (Fsp3) is 0.111. The van der Waals surface area contributed by atoms with Gasteiger partial charge in [-0.1, -0.05) is 29.4 Å². The molecule has 13 heteroatoms. The van der Waals surface area contributed by atoms with E-state index in [4.69, 9.17) is 31.6 Å². The van der Waals surface area contributed by atoms with Crippen LogP contribution < -0.4 is 63.0 Å². The molecule has 0 saturated carbocycles.